The summed E-state index contributed by atoms with van der Waals surface area (Å²) in [5.74, 6) is -0.171. The highest BCUT2D eigenvalue weighted by Gasteiger charge is 2.22. The monoisotopic (exact) mass is 319 g/mol. The van der Waals surface area contributed by atoms with Gasteiger partial charge in [-0.2, -0.15) is 0 Å². The van der Waals surface area contributed by atoms with Crippen LogP contribution in [-0.2, 0) is 6.54 Å². The smallest absolute Gasteiger partial charge is 0.392 e. The third-order valence-corrected chi connectivity index (χ3v) is 4.06. The van der Waals surface area contributed by atoms with Gasteiger partial charge < -0.3 is 10.2 Å². The molecule has 2 heterocycles. The molecule has 0 radical (unpaired) electrons. The van der Waals surface area contributed by atoms with Crippen molar-refractivity contribution in [3.63, 3.8) is 0 Å². The minimum atomic E-state index is -0.736. The molecule has 124 valence electrons. The quantitative estimate of drug-likeness (QED) is 0.825. The van der Waals surface area contributed by atoms with E-state index >= 15 is 0 Å². The molecule has 3 rings (SSSR count). The van der Waals surface area contributed by atoms with E-state index in [-0.39, 0.29) is 12.6 Å². The lowest BCUT2D eigenvalue weighted by molar-refractivity contribution is 0.0344. The summed E-state index contributed by atoms with van der Waals surface area (Å²) in [6, 6.07) is 9.25. The van der Waals surface area contributed by atoms with E-state index in [1.807, 2.05) is 35.2 Å². The number of rotatable bonds is 5. The molecule has 2 unspecified atom stereocenters. The summed E-state index contributed by atoms with van der Waals surface area (Å²) in [5.41, 5.74) is 0.763. The van der Waals surface area contributed by atoms with Crippen molar-refractivity contribution in [1.29, 1.82) is 0 Å². The first-order valence-electron chi connectivity index (χ1n) is 7.84. The Morgan fingerprint density at radius 2 is 2.09 bits per heavy atom. The van der Waals surface area contributed by atoms with E-state index in [1.165, 1.54) is 4.57 Å². The molecule has 0 aliphatic carbocycles. The van der Waals surface area contributed by atoms with Crippen LogP contribution < -0.4 is 5.76 Å². The fourth-order valence-corrected chi connectivity index (χ4v) is 2.99. The highest BCUT2D eigenvalue weighted by molar-refractivity contribution is 5.54. The van der Waals surface area contributed by atoms with Gasteiger partial charge in [0.05, 0.1) is 18.8 Å². The van der Waals surface area contributed by atoms with Gasteiger partial charge >= 0.3 is 5.76 Å². The highest BCUT2D eigenvalue weighted by Crippen LogP contribution is 2.16. The molecule has 2 N–H and O–H groups in total. The van der Waals surface area contributed by atoms with Gasteiger partial charge in [-0.05, 0) is 19.4 Å². The SMILES string of the molecule is O=c1onc(-c2ccccc2)n1CC(O)CN1CCCC(O)C1. The van der Waals surface area contributed by atoms with Gasteiger partial charge in [-0.15, -0.1) is 0 Å². The topological polar surface area (TPSA) is 91.7 Å². The predicted molar refractivity (Wildman–Crippen MR) is 83.9 cm³/mol. The normalized spacial score (nSPS) is 20.5. The third-order valence-electron chi connectivity index (χ3n) is 4.06. The Morgan fingerprint density at radius 1 is 1.30 bits per heavy atom. The molecule has 0 bridgehead atoms. The summed E-state index contributed by atoms with van der Waals surface area (Å²) in [6.45, 7) is 1.92. The van der Waals surface area contributed by atoms with Crippen molar-refractivity contribution in [2.45, 2.75) is 31.6 Å². The van der Waals surface area contributed by atoms with Crippen LogP contribution in [0.25, 0.3) is 11.4 Å². The second-order valence-electron chi connectivity index (χ2n) is 5.96. The summed E-state index contributed by atoms with van der Waals surface area (Å²) in [6.07, 6.45) is 0.640. The number of hydrogen-bond acceptors (Lipinski definition) is 6. The molecule has 0 spiro atoms. The Hall–Kier alpha value is -1.96. The van der Waals surface area contributed by atoms with Crippen LogP contribution in [0.2, 0.25) is 0 Å². The van der Waals surface area contributed by atoms with Crippen LogP contribution in [0.5, 0.6) is 0 Å². The van der Waals surface area contributed by atoms with Crippen molar-refractivity contribution in [3.05, 3.63) is 40.9 Å². The number of benzene rings is 1. The fraction of sp³-hybridized carbons (Fsp3) is 0.500. The number of likely N-dealkylation sites (tertiary alicyclic amines) is 1. The summed E-state index contributed by atoms with van der Waals surface area (Å²) >= 11 is 0. The average molecular weight is 319 g/mol. The Morgan fingerprint density at radius 3 is 2.83 bits per heavy atom. The zero-order valence-electron chi connectivity index (χ0n) is 12.8. The molecule has 1 saturated heterocycles. The minimum absolute atomic E-state index is 0.110. The summed E-state index contributed by atoms with van der Waals surface area (Å²) in [5, 5.41) is 23.8. The molecule has 2 atom stereocenters. The molecule has 0 saturated carbocycles. The largest absolute Gasteiger partial charge is 0.441 e. The molecule has 1 aromatic heterocycles. The number of β-amino-alcohol motifs (C(OH)–C–C–N with tert-alkyl or cyclic N) is 2. The van der Waals surface area contributed by atoms with E-state index in [9.17, 15) is 15.0 Å². The molecule has 2 aromatic rings. The van der Waals surface area contributed by atoms with Crippen LogP contribution in [0.15, 0.2) is 39.6 Å². The molecule has 0 amide bonds. The first kappa shape index (κ1) is 15.9. The molecule has 23 heavy (non-hydrogen) atoms. The van der Waals surface area contributed by atoms with Crippen LogP contribution in [0, 0.1) is 0 Å². The molecule has 1 aromatic carbocycles. The molecular weight excluding hydrogens is 298 g/mol. The van der Waals surface area contributed by atoms with E-state index < -0.39 is 11.9 Å². The summed E-state index contributed by atoms with van der Waals surface area (Å²) < 4.78 is 6.10. The molecule has 1 aliphatic heterocycles. The molecular formula is C16H21N3O4. The van der Waals surface area contributed by atoms with Gasteiger partial charge in [0.25, 0.3) is 0 Å². The Bertz CT molecular complexity index is 682. The maximum Gasteiger partial charge on any atom is 0.441 e. The fourth-order valence-electron chi connectivity index (χ4n) is 2.99. The van der Waals surface area contributed by atoms with Gasteiger partial charge in [0, 0.05) is 18.7 Å². The molecule has 1 fully saturated rings. The number of nitrogens with zero attached hydrogens (tertiary/aromatic N) is 3. The van der Waals surface area contributed by atoms with Crippen molar-refractivity contribution in [2.24, 2.45) is 0 Å². The Kier molecular flexibility index (Phi) is 4.90. The highest BCUT2D eigenvalue weighted by atomic mass is 16.5. The number of aliphatic hydroxyl groups is 2. The van der Waals surface area contributed by atoms with E-state index in [0.717, 1.165) is 24.9 Å². The van der Waals surface area contributed by atoms with Gasteiger partial charge in [-0.25, -0.2) is 4.79 Å². The lowest BCUT2D eigenvalue weighted by Crippen LogP contribution is -2.43. The van der Waals surface area contributed by atoms with Crippen molar-refractivity contribution in [3.8, 4) is 11.4 Å². The van der Waals surface area contributed by atoms with E-state index in [1.54, 1.807) is 0 Å². The second kappa shape index (κ2) is 7.08. The van der Waals surface area contributed by atoms with Gasteiger partial charge in [-0.1, -0.05) is 35.5 Å². The maximum absolute atomic E-state index is 11.9. The standard InChI is InChI=1S/C16H21N3O4/c20-13-7-4-8-18(9-13)10-14(21)11-19-15(17-23-16(19)22)12-5-2-1-3-6-12/h1-3,5-6,13-14,20-21H,4,7-11H2. The number of hydrogen-bond donors (Lipinski definition) is 2. The van der Waals surface area contributed by atoms with Crippen LogP contribution >= 0.6 is 0 Å². The van der Waals surface area contributed by atoms with Crippen LogP contribution in [-0.4, -0.2) is 56.7 Å². The zero-order chi connectivity index (χ0) is 16.2. The molecule has 7 nitrogen and oxygen atoms in total. The Labute approximate surface area is 133 Å². The van der Waals surface area contributed by atoms with Crippen molar-refractivity contribution < 1.29 is 14.7 Å². The predicted octanol–water partition coefficient (Wildman–Crippen LogP) is 0.321. The zero-order valence-corrected chi connectivity index (χ0v) is 12.8. The number of aliphatic hydroxyl groups excluding tert-OH is 2. The third kappa shape index (κ3) is 3.87. The average Bonchev–Trinajstić information content (AvgIpc) is 2.89. The summed E-state index contributed by atoms with van der Waals surface area (Å²) in [7, 11) is 0. The van der Waals surface area contributed by atoms with E-state index in [2.05, 4.69) is 5.16 Å². The Balaban J connectivity index is 1.70. The van der Waals surface area contributed by atoms with Gasteiger partial charge in [-0.3, -0.25) is 14.0 Å². The lowest BCUT2D eigenvalue weighted by atomic mass is 10.1. The molecule has 7 heteroatoms. The first-order chi connectivity index (χ1) is 11.1. The van der Waals surface area contributed by atoms with E-state index in [4.69, 9.17) is 4.52 Å². The minimum Gasteiger partial charge on any atom is -0.392 e. The maximum atomic E-state index is 11.9. The van der Waals surface area contributed by atoms with Crippen LogP contribution in [0.4, 0.5) is 0 Å². The van der Waals surface area contributed by atoms with Crippen LogP contribution in [0.1, 0.15) is 12.8 Å². The number of aromatic nitrogens is 2. The van der Waals surface area contributed by atoms with Gasteiger partial charge in [0.2, 0.25) is 0 Å². The number of piperidine rings is 1. The molecule has 1 aliphatic rings. The lowest BCUT2D eigenvalue weighted by Gasteiger charge is -2.31. The van der Waals surface area contributed by atoms with Crippen molar-refractivity contribution in [1.82, 2.24) is 14.6 Å². The first-order valence-corrected chi connectivity index (χ1v) is 7.84. The second-order valence-corrected chi connectivity index (χ2v) is 5.96. The van der Waals surface area contributed by atoms with Gasteiger partial charge in [0.1, 0.15) is 0 Å². The van der Waals surface area contributed by atoms with Crippen molar-refractivity contribution in [2.75, 3.05) is 19.6 Å². The van der Waals surface area contributed by atoms with Crippen LogP contribution in [0.3, 0.4) is 0 Å². The van der Waals surface area contributed by atoms with E-state index in [0.29, 0.717) is 18.9 Å². The summed E-state index contributed by atoms with van der Waals surface area (Å²) in [4.78, 5) is 13.9. The van der Waals surface area contributed by atoms with Gasteiger partial charge in [0.15, 0.2) is 5.82 Å². The van der Waals surface area contributed by atoms with Crippen molar-refractivity contribution >= 4 is 0 Å².